The third kappa shape index (κ3) is 12.4. The van der Waals surface area contributed by atoms with Gasteiger partial charge in [0.05, 0.1) is 11.8 Å². The van der Waals surface area contributed by atoms with Gasteiger partial charge in [0, 0.05) is 13.1 Å². The van der Waals surface area contributed by atoms with Crippen molar-refractivity contribution >= 4 is 23.9 Å². The molecule has 9 heteroatoms. The fourth-order valence-electron chi connectivity index (χ4n) is 3.71. The highest BCUT2D eigenvalue weighted by Gasteiger charge is 2.34. The van der Waals surface area contributed by atoms with Crippen LogP contribution in [-0.4, -0.2) is 48.1 Å². The standard InChI is InChI=1S/C29H47N3O6/c1-19(2)15-22(25(34)37-18-21-13-11-10-12-14-21)16-30-26(35)29(8,9)32-24(33)23(20(3)4)17-31-27(36)38-28(5,6)7/h10-14,19-20,22-23H,15-18H2,1-9H3,(H,30,35)(H,31,36)(H,32,33)/t22-,23+/m1/s1. The van der Waals surface area contributed by atoms with Gasteiger partial charge in [0.2, 0.25) is 11.8 Å². The highest BCUT2D eigenvalue weighted by Crippen LogP contribution is 2.16. The predicted octanol–water partition coefficient (Wildman–Crippen LogP) is 4.20. The Labute approximate surface area is 227 Å². The molecule has 0 aliphatic rings. The van der Waals surface area contributed by atoms with E-state index in [0.29, 0.717) is 6.42 Å². The molecule has 38 heavy (non-hydrogen) atoms. The molecule has 0 heterocycles. The van der Waals surface area contributed by atoms with E-state index in [4.69, 9.17) is 9.47 Å². The molecule has 0 spiro atoms. The highest BCUT2D eigenvalue weighted by atomic mass is 16.6. The van der Waals surface area contributed by atoms with Crippen LogP contribution >= 0.6 is 0 Å². The molecule has 2 atom stereocenters. The number of esters is 1. The predicted molar refractivity (Wildman–Crippen MR) is 147 cm³/mol. The maximum atomic E-state index is 13.1. The second-order valence-corrected chi connectivity index (χ2v) is 12.0. The smallest absolute Gasteiger partial charge is 0.407 e. The molecule has 0 saturated heterocycles. The Hall–Kier alpha value is -3.10. The molecular formula is C29H47N3O6. The van der Waals surface area contributed by atoms with E-state index >= 15 is 0 Å². The Morgan fingerprint density at radius 1 is 0.868 bits per heavy atom. The monoisotopic (exact) mass is 533 g/mol. The quantitative estimate of drug-likeness (QED) is 0.327. The van der Waals surface area contributed by atoms with Gasteiger partial charge >= 0.3 is 12.1 Å². The molecule has 1 rings (SSSR count). The van der Waals surface area contributed by atoms with Crippen molar-refractivity contribution in [1.29, 1.82) is 0 Å². The summed E-state index contributed by atoms with van der Waals surface area (Å²) in [5, 5.41) is 8.24. The van der Waals surface area contributed by atoms with Crippen LogP contribution in [0.2, 0.25) is 0 Å². The Balaban J connectivity index is 2.74. The molecule has 0 aromatic heterocycles. The third-order valence-electron chi connectivity index (χ3n) is 5.83. The van der Waals surface area contributed by atoms with Crippen LogP contribution in [-0.2, 0) is 30.5 Å². The van der Waals surface area contributed by atoms with E-state index < -0.39 is 35.0 Å². The van der Waals surface area contributed by atoms with Gasteiger partial charge in [0.1, 0.15) is 17.7 Å². The van der Waals surface area contributed by atoms with Gasteiger partial charge in [-0.05, 0) is 58.4 Å². The first-order valence-electron chi connectivity index (χ1n) is 13.3. The third-order valence-corrected chi connectivity index (χ3v) is 5.83. The highest BCUT2D eigenvalue weighted by molar-refractivity contribution is 5.92. The lowest BCUT2D eigenvalue weighted by Crippen LogP contribution is -2.58. The zero-order chi connectivity index (χ0) is 29.1. The van der Waals surface area contributed by atoms with Gasteiger partial charge in [-0.25, -0.2) is 4.79 Å². The van der Waals surface area contributed by atoms with Crippen molar-refractivity contribution in [2.45, 2.75) is 86.5 Å². The van der Waals surface area contributed by atoms with Crippen molar-refractivity contribution < 1.29 is 28.7 Å². The molecule has 3 amide bonds. The number of hydrogen-bond acceptors (Lipinski definition) is 6. The van der Waals surface area contributed by atoms with Gasteiger partial charge in [0.15, 0.2) is 0 Å². The SMILES string of the molecule is CC(C)C[C@H](CNC(=O)C(C)(C)NC(=O)[C@@H](CNC(=O)OC(C)(C)C)C(C)C)C(=O)OCc1ccccc1. The average Bonchev–Trinajstić information content (AvgIpc) is 2.78. The number of rotatable bonds is 13. The van der Waals surface area contributed by atoms with Crippen LogP contribution in [0.1, 0.15) is 74.3 Å². The van der Waals surface area contributed by atoms with Gasteiger partial charge in [-0.1, -0.05) is 58.0 Å². The molecule has 3 N–H and O–H groups in total. The van der Waals surface area contributed by atoms with Crippen LogP contribution < -0.4 is 16.0 Å². The van der Waals surface area contributed by atoms with Gasteiger partial charge in [0.25, 0.3) is 0 Å². The van der Waals surface area contributed by atoms with Crippen LogP contribution in [0.25, 0.3) is 0 Å². The molecule has 0 saturated carbocycles. The summed E-state index contributed by atoms with van der Waals surface area (Å²) in [6, 6.07) is 9.41. The largest absolute Gasteiger partial charge is 0.461 e. The van der Waals surface area contributed by atoms with Crippen molar-refractivity contribution in [1.82, 2.24) is 16.0 Å². The normalized spacial score (nSPS) is 13.4. The topological polar surface area (TPSA) is 123 Å². The molecule has 214 valence electrons. The van der Waals surface area contributed by atoms with Crippen molar-refractivity contribution in [3.63, 3.8) is 0 Å². The maximum Gasteiger partial charge on any atom is 0.407 e. The summed E-state index contributed by atoms with van der Waals surface area (Å²) in [4.78, 5) is 50.9. The van der Waals surface area contributed by atoms with E-state index in [1.807, 2.05) is 58.0 Å². The summed E-state index contributed by atoms with van der Waals surface area (Å²) in [5.41, 5.74) is -1.01. The van der Waals surface area contributed by atoms with Gasteiger partial charge in [-0.3, -0.25) is 14.4 Å². The molecule has 0 aliphatic carbocycles. The minimum Gasteiger partial charge on any atom is -0.461 e. The number of carbonyl (C=O) groups excluding carboxylic acids is 4. The number of hydrogen-bond donors (Lipinski definition) is 3. The summed E-state index contributed by atoms with van der Waals surface area (Å²) in [7, 11) is 0. The minimum atomic E-state index is -1.24. The summed E-state index contributed by atoms with van der Waals surface area (Å²) >= 11 is 0. The van der Waals surface area contributed by atoms with Crippen molar-refractivity contribution in [2.24, 2.45) is 23.7 Å². The van der Waals surface area contributed by atoms with Gasteiger partial charge < -0.3 is 25.4 Å². The molecule has 0 aliphatic heterocycles. The fraction of sp³-hybridized carbons (Fsp3) is 0.655. The lowest BCUT2D eigenvalue weighted by atomic mass is 9.92. The fourth-order valence-corrected chi connectivity index (χ4v) is 3.71. The van der Waals surface area contributed by atoms with Crippen LogP contribution in [0.4, 0.5) is 4.79 Å². The number of alkyl carbamates (subject to hydrolysis) is 1. The average molecular weight is 534 g/mol. The summed E-state index contributed by atoms with van der Waals surface area (Å²) in [6.45, 7) is 16.5. The zero-order valence-corrected chi connectivity index (χ0v) is 24.5. The number of ether oxygens (including phenoxy) is 2. The molecule has 0 bridgehead atoms. The van der Waals surface area contributed by atoms with E-state index in [9.17, 15) is 19.2 Å². The molecule has 1 aromatic carbocycles. The van der Waals surface area contributed by atoms with Crippen molar-refractivity contribution in [3.05, 3.63) is 35.9 Å². The zero-order valence-electron chi connectivity index (χ0n) is 24.5. The second-order valence-electron chi connectivity index (χ2n) is 12.0. The number of carbonyl (C=O) groups is 4. The first-order chi connectivity index (χ1) is 17.5. The first kappa shape index (κ1) is 32.9. The van der Waals surface area contributed by atoms with E-state index in [0.717, 1.165) is 5.56 Å². The minimum absolute atomic E-state index is 0.0693. The lowest BCUT2D eigenvalue weighted by molar-refractivity contribution is -0.150. The van der Waals surface area contributed by atoms with Crippen LogP contribution in [0.15, 0.2) is 30.3 Å². The summed E-state index contributed by atoms with van der Waals surface area (Å²) < 4.78 is 10.7. The van der Waals surface area contributed by atoms with Crippen molar-refractivity contribution in [2.75, 3.05) is 13.1 Å². The Bertz CT molecular complexity index is 922. The lowest BCUT2D eigenvalue weighted by Gasteiger charge is -2.30. The molecule has 9 nitrogen and oxygen atoms in total. The number of benzene rings is 1. The summed E-state index contributed by atoms with van der Waals surface area (Å²) in [5.74, 6) is -2.13. The van der Waals surface area contributed by atoms with Crippen LogP contribution in [0, 0.1) is 23.7 Å². The number of amides is 3. The van der Waals surface area contributed by atoms with E-state index in [1.54, 1.807) is 34.6 Å². The summed E-state index contributed by atoms with van der Waals surface area (Å²) in [6.07, 6.45) is -0.0600. The van der Waals surface area contributed by atoms with E-state index in [1.165, 1.54) is 0 Å². The van der Waals surface area contributed by atoms with Crippen LogP contribution in [0.3, 0.4) is 0 Å². The van der Waals surface area contributed by atoms with Gasteiger partial charge in [-0.15, -0.1) is 0 Å². The molecule has 0 fully saturated rings. The van der Waals surface area contributed by atoms with Crippen LogP contribution in [0.5, 0.6) is 0 Å². The van der Waals surface area contributed by atoms with E-state index in [2.05, 4.69) is 16.0 Å². The Morgan fingerprint density at radius 2 is 1.47 bits per heavy atom. The first-order valence-corrected chi connectivity index (χ1v) is 13.3. The second kappa shape index (κ2) is 14.7. The number of nitrogens with one attached hydrogen (secondary N) is 3. The Kier molecular flexibility index (Phi) is 12.8. The molecular weight excluding hydrogens is 486 g/mol. The van der Waals surface area contributed by atoms with Crippen molar-refractivity contribution in [3.8, 4) is 0 Å². The molecule has 1 aromatic rings. The molecule has 0 radical (unpaired) electrons. The molecule has 0 unspecified atom stereocenters. The van der Waals surface area contributed by atoms with E-state index in [-0.39, 0.29) is 43.4 Å². The maximum absolute atomic E-state index is 13.1. The Morgan fingerprint density at radius 3 is 2.00 bits per heavy atom. The van der Waals surface area contributed by atoms with Gasteiger partial charge in [-0.2, -0.15) is 0 Å².